The first-order valence-electron chi connectivity index (χ1n) is 5.01. The maximum absolute atomic E-state index is 12.1. The highest BCUT2D eigenvalue weighted by Gasteiger charge is 2.30. The number of aromatic nitrogens is 3. The Morgan fingerprint density at radius 3 is 2.47 bits per heavy atom. The molecule has 9 nitrogen and oxygen atoms in total. The SMILES string of the molecule is CC(=O)N(c1ncco1)S(=O)(=O)Nc1ncccn1. The van der Waals surface area contributed by atoms with Gasteiger partial charge in [0.05, 0.1) is 6.20 Å². The lowest BCUT2D eigenvalue weighted by Crippen LogP contribution is -2.40. The molecule has 100 valence electrons. The molecule has 0 bridgehead atoms. The minimum Gasteiger partial charge on any atom is -0.431 e. The predicted molar refractivity (Wildman–Crippen MR) is 64.2 cm³/mol. The molecule has 2 heterocycles. The monoisotopic (exact) mass is 283 g/mol. The number of carbonyl (C=O) groups is 1. The lowest BCUT2D eigenvalue weighted by atomic mass is 10.7. The first kappa shape index (κ1) is 13.0. The molecule has 10 heteroatoms. The number of anilines is 2. The quantitative estimate of drug-likeness (QED) is 0.849. The zero-order chi connectivity index (χ0) is 13.9. The molecule has 0 unspecified atom stereocenters. The van der Waals surface area contributed by atoms with Gasteiger partial charge < -0.3 is 4.42 Å². The number of hydrogen-bond donors (Lipinski definition) is 1. The van der Waals surface area contributed by atoms with Crippen LogP contribution >= 0.6 is 0 Å². The highest BCUT2D eigenvalue weighted by molar-refractivity contribution is 7.94. The van der Waals surface area contributed by atoms with Crippen molar-refractivity contribution in [1.29, 1.82) is 0 Å². The van der Waals surface area contributed by atoms with Crippen molar-refractivity contribution in [3.63, 3.8) is 0 Å². The molecule has 0 radical (unpaired) electrons. The van der Waals surface area contributed by atoms with E-state index in [2.05, 4.69) is 15.0 Å². The Balaban J connectivity index is 2.34. The van der Waals surface area contributed by atoms with Crippen LogP contribution in [0.15, 0.2) is 35.3 Å². The fourth-order valence-electron chi connectivity index (χ4n) is 1.24. The lowest BCUT2D eigenvalue weighted by Gasteiger charge is -2.16. The molecule has 0 aliphatic rings. The predicted octanol–water partition coefficient (Wildman–Crippen LogP) is 0.174. The number of nitrogens with zero attached hydrogens (tertiary/aromatic N) is 4. The molecule has 0 aromatic carbocycles. The molecule has 1 N–H and O–H groups in total. The van der Waals surface area contributed by atoms with Gasteiger partial charge in [-0.3, -0.25) is 4.79 Å². The third-order valence-corrected chi connectivity index (χ3v) is 3.24. The zero-order valence-electron chi connectivity index (χ0n) is 9.72. The highest BCUT2D eigenvalue weighted by atomic mass is 32.2. The van der Waals surface area contributed by atoms with Crippen molar-refractivity contribution in [1.82, 2.24) is 15.0 Å². The fourth-order valence-corrected chi connectivity index (χ4v) is 2.30. The molecule has 0 atom stereocenters. The largest absolute Gasteiger partial charge is 0.431 e. The van der Waals surface area contributed by atoms with Crippen LogP contribution in [0, 0.1) is 0 Å². The van der Waals surface area contributed by atoms with Crippen LogP contribution in [-0.2, 0) is 15.0 Å². The molecule has 2 rings (SSSR count). The molecule has 0 saturated carbocycles. The van der Waals surface area contributed by atoms with Crippen LogP contribution in [0.1, 0.15) is 6.92 Å². The summed E-state index contributed by atoms with van der Waals surface area (Å²) in [6.45, 7) is 1.06. The normalized spacial score (nSPS) is 11.0. The Hall–Kier alpha value is -2.49. The second-order valence-electron chi connectivity index (χ2n) is 3.28. The maximum Gasteiger partial charge on any atom is 0.336 e. The van der Waals surface area contributed by atoms with E-state index in [0.29, 0.717) is 4.31 Å². The number of rotatable bonds is 4. The molecule has 0 fully saturated rings. The molecule has 0 saturated heterocycles. The van der Waals surface area contributed by atoms with Gasteiger partial charge in [0, 0.05) is 19.3 Å². The summed E-state index contributed by atoms with van der Waals surface area (Å²) in [5.74, 6) is -0.953. The number of amides is 1. The van der Waals surface area contributed by atoms with E-state index in [1.165, 1.54) is 24.7 Å². The van der Waals surface area contributed by atoms with Crippen LogP contribution in [-0.4, -0.2) is 29.3 Å². The van der Waals surface area contributed by atoms with Crippen molar-refractivity contribution in [2.45, 2.75) is 6.92 Å². The maximum atomic E-state index is 12.1. The highest BCUT2D eigenvalue weighted by Crippen LogP contribution is 2.16. The summed E-state index contributed by atoms with van der Waals surface area (Å²) in [6, 6.07) is 1.16. The summed E-state index contributed by atoms with van der Waals surface area (Å²) >= 11 is 0. The smallest absolute Gasteiger partial charge is 0.336 e. The van der Waals surface area contributed by atoms with E-state index in [1.54, 1.807) is 0 Å². The van der Waals surface area contributed by atoms with Gasteiger partial charge in [-0.25, -0.2) is 19.7 Å². The van der Waals surface area contributed by atoms with Crippen LogP contribution in [0.5, 0.6) is 0 Å². The Labute approximate surface area is 108 Å². The molecule has 0 aliphatic heterocycles. The van der Waals surface area contributed by atoms with Crippen molar-refractivity contribution in [2.75, 3.05) is 9.03 Å². The molecule has 2 aromatic heterocycles. The first-order valence-corrected chi connectivity index (χ1v) is 6.45. The Kier molecular flexibility index (Phi) is 3.42. The summed E-state index contributed by atoms with van der Waals surface area (Å²) in [6.07, 6.45) is 5.09. The minimum atomic E-state index is -4.25. The number of carbonyl (C=O) groups excluding carboxylic acids is 1. The first-order chi connectivity index (χ1) is 9.00. The van der Waals surface area contributed by atoms with E-state index in [4.69, 9.17) is 4.42 Å². The van der Waals surface area contributed by atoms with Gasteiger partial charge in [-0.2, -0.15) is 8.42 Å². The number of oxazole rings is 1. The van der Waals surface area contributed by atoms with E-state index in [1.807, 2.05) is 4.72 Å². The van der Waals surface area contributed by atoms with E-state index < -0.39 is 16.1 Å². The van der Waals surface area contributed by atoms with Gasteiger partial charge in [0.2, 0.25) is 11.9 Å². The third-order valence-electron chi connectivity index (χ3n) is 1.91. The second kappa shape index (κ2) is 5.02. The molecule has 19 heavy (non-hydrogen) atoms. The molecular weight excluding hydrogens is 274 g/mol. The molecule has 2 aromatic rings. The Morgan fingerprint density at radius 2 is 1.95 bits per heavy atom. The molecule has 0 spiro atoms. The number of hydrogen-bond acceptors (Lipinski definition) is 7. The van der Waals surface area contributed by atoms with Gasteiger partial charge in [-0.1, -0.05) is 0 Å². The van der Waals surface area contributed by atoms with E-state index in [-0.39, 0.29) is 12.0 Å². The summed E-state index contributed by atoms with van der Waals surface area (Å²) in [7, 11) is -4.25. The van der Waals surface area contributed by atoms with Gasteiger partial charge in [-0.15, -0.1) is 4.31 Å². The van der Waals surface area contributed by atoms with Crippen LogP contribution < -0.4 is 9.03 Å². The fraction of sp³-hybridized carbons (Fsp3) is 0.111. The summed E-state index contributed by atoms with van der Waals surface area (Å²) < 4.78 is 31.3. The second-order valence-corrected chi connectivity index (χ2v) is 4.80. The van der Waals surface area contributed by atoms with E-state index in [9.17, 15) is 13.2 Å². The summed E-state index contributed by atoms with van der Waals surface area (Å²) in [4.78, 5) is 22.5. The van der Waals surface area contributed by atoms with Crippen molar-refractivity contribution < 1.29 is 17.6 Å². The van der Waals surface area contributed by atoms with Crippen molar-refractivity contribution in [3.05, 3.63) is 30.9 Å². The lowest BCUT2D eigenvalue weighted by molar-refractivity contribution is -0.115. The molecule has 0 aliphatic carbocycles. The van der Waals surface area contributed by atoms with Gasteiger partial charge in [0.25, 0.3) is 0 Å². The van der Waals surface area contributed by atoms with Crippen LogP contribution in [0.4, 0.5) is 12.0 Å². The van der Waals surface area contributed by atoms with Crippen LogP contribution in [0.3, 0.4) is 0 Å². The van der Waals surface area contributed by atoms with Gasteiger partial charge in [0.1, 0.15) is 6.26 Å². The van der Waals surface area contributed by atoms with E-state index >= 15 is 0 Å². The minimum absolute atomic E-state index is 0.166. The third kappa shape index (κ3) is 2.85. The summed E-state index contributed by atoms with van der Waals surface area (Å²) in [5.41, 5.74) is 0. The van der Waals surface area contributed by atoms with Crippen LogP contribution in [0.2, 0.25) is 0 Å². The Morgan fingerprint density at radius 1 is 1.26 bits per heavy atom. The van der Waals surface area contributed by atoms with Crippen LogP contribution in [0.25, 0.3) is 0 Å². The summed E-state index contributed by atoms with van der Waals surface area (Å²) in [5, 5.41) is 0. The average molecular weight is 283 g/mol. The molecule has 1 amide bonds. The number of nitrogens with one attached hydrogen (secondary N) is 1. The van der Waals surface area contributed by atoms with E-state index in [0.717, 1.165) is 13.2 Å². The van der Waals surface area contributed by atoms with Crippen molar-refractivity contribution >= 4 is 28.1 Å². The van der Waals surface area contributed by atoms with Crippen molar-refractivity contribution in [2.24, 2.45) is 0 Å². The van der Waals surface area contributed by atoms with Crippen molar-refractivity contribution in [3.8, 4) is 0 Å². The van der Waals surface area contributed by atoms with Gasteiger partial charge in [-0.05, 0) is 6.07 Å². The van der Waals surface area contributed by atoms with Gasteiger partial charge in [0.15, 0.2) is 0 Å². The average Bonchev–Trinajstić information content (AvgIpc) is 2.82. The topological polar surface area (TPSA) is 118 Å². The standard InChI is InChI=1S/C9H9N5O4S/c1-7(15)14(9-12-5-6-18-9)19(16,17)13-8-10-3-2-4-11-8/h2-6H,1H3,(H,10,11,13). The molecular formula is C9H9N5O4S. The Bertz CT molecular complexity index is 655. The van der Waals surface area contributed by atoms with Gasteiger partial charge >= 0.3 is 16.2 Å². The zero-order valence-corrected chi connectivity index (χ0v) is 10.5.